The summed E-state index contributed by atoms with van der Waals surface area (Å²) in [6.45, 7) is 6.36. The van der Waals surface area contributed by atoms with Crippen molar-refractivity contribution in [1.82, 2.24) is 14.5 Å². The van der Waals surface area contributed by atoms with Crippen LogP contribution in [0.3, 0.4) is 0 Å². The van der Waals surface area contributed by atoms with Crippen molar-refractivity contribution < 1.29 is 18.1 Å². The molecule has 0 unspecified atom stereocenters. The van der Waals surface area contributed by atoms with Crippen LogP contribution in [-0.2, 0) is 16.6 Å². The molecule has 0 bridgehead atoms. The van der Waals surface area contributed by atoms with Crippen LogP contribution in [0.2, 0.25) is 0 Å². The third-order valence-corrected chi connectivity index (χ3v) is 6.42. The van der Waals surface area contributed by atoms with Gasteiger partial charge in [-0.2, -0.15) is 0 Å². The number of nitrogens with zero attached hydrogens (tertiary/aromatic N) is 3. The maximum atomic E-state index is 12.9. The number of nitrogens with one attached hydrogen (secondary N) is 1. The van der Waals surface area contributed by atoms with Gasteiger partial charge in [-0.1, -0.05) is 24.3 Å². The lowest BCUT2D eigenvalue weighted by molar-refractivity contribution is -0.384. The first kappa shape index (κ1) is 22.6. The smallest absolute Gasteiger partial charge is 0.269 e. The second-order valence-corrected chi connectivity index (χ2v) is 8.93. The highest BCUT2D eigenvalue weighted by molar-refractivity contribution is 7.89. The van der Waals surface area contributed by atoms with E-state index in [4.69, 9.17) is 0 Å². The fourth-order valence-corrected chi connectivity index (χ4v) is 4.41. The van der Waals surface area contributed by atoms with E-state index in [-0.39, 0.29) is 23.0 Å². The number of hydrogen-bond donors (Lipinski definition) is 1. The number of amides is 1. The molecule has 10 heteroatoms. The average molecular weight is 445 g/mol. The number of sulfonamides is 1. The van der Waals surface area contributed by atoms with Crippen LogP contribution >= 0.6 is 0 Å². The lowest BCUT2D eigenvalue weighted by atomic mass is 10.1. The van der Waals surface area contributed by atoms with Gasteiger partial charge >= 0.3 is 0 Å². The number of benzene rings is 2. The zero-order valence-corrected chi connectivity index (χ0v) is 17.8. The van der Waals surface area contributed by atoms with Crippen molar-refractivity contribution in [2.24, 2.45) is 0 Å². The zero-order valence-electron chi connectivity index (χ0n) is 16.9. The highest BCUT2D eigenvalue weighted by atomic mass is 32.2. The minimum Gasteiger partial charge on any atom is -0.336 e. The van der Waals surface area contributed by atoms with E-state index in [2.05, 4.69) is 16.2 Å². The van der Waals surface area contributed by atoms with Gasteiger partial charge in [0.05, 0.1) is 9.82 Å². The van der Waals surface area contributed by atoms with Crippen LogP contribution in [0.15, 0.2) is 66.1 Å². The number of piperazine rings is 1. The average Bonchev–Trinajstić information content (AvgIpc) is 2.78. The normalized spacial score (nSPS) is 14.9. The van der Waals surface area contributed by atoms with Crippen molar-refractivity contribution in [2.45, 2.75) is 11.4 Å². The van der Waals surface area contributed by atoms with Crippen molar-refractivity contribution >= 4 is 21.6 Å². The van der Waals surface area contributed by atoms with Gasteiger partial charge in [0.15, 0.2) is 0 Å². The number of hydrogen-bond acceptors (Lipinski definition) is 6. The molecule has 1 N–H and O–H groups in total. The van der Waals surface area contributed by atoms with E-state index >= 15 is 0 Å². The molecule has 3 rings (SSSR count). The van der Waals surface area contributed by atoms with Crippen molar-refractivity contribution in [2.75, 3.05) is 32.7 Å². The summed E-state index contributed by atoms with van der Waals surface area (Å²) in [7, 11) is -3.71. The monoisotopic (exact) mass is 444 g/mol. The molecule has 0 spiro atoms. The second kappa shape index (κ2) is 9.82. The standard InChI is InChI=1S/C21H24N4O5S/c1-2-9-22-31(29,30)20-8-4-6-18(15-20)21(26)24-12-10-23(11-13-24)16-17-5-3-7-19(14-17)25(27)28/h2-8,14-15,22H,1,9-13,16H2. The summed E-state index contributed by atoms with van der Waals surface area (Å²) in [6, 6.07) is 12.5. The lowest BCUT2D eigenvalue weighted by Gasteiger charge is -2.34. The minimum absolute atomic E-state index is 0.0320. The van der Waals surface area contributed by atoms with Crippen molar-refractivity contribution in [3.8, 4) is 0 Å². The molecule has 2 aromatic carbocycles. The Kier molecular flexibility index (Phi) is 7.16. The molecule has 0 radical (unpaired) electrons. The molecule has 2 aromatic rings. The van der Waals surface area contributed by atoms with Gasteiger partial charge < -0.3 is 4.90 Å². The minimum atomic E-state index is -3.71. The molecular weight excluding hydrogens is 420 g/mol. The molecule has 1 heterocycles. The predicted octanol–water partition coefficient (Wildman–Crippen LogP) is 2.02. The highest BCUT2D eigenvalue weighted by Gasteiger charge is 2.24. The molecular formula is C21H24N4O5S. The van der Waals surface area contributed by atoms with Crippen LogP contribution in [0.25, 0.3) is 0 Å². The maximum Gasteiger partial charge on any atom is 0.269 e. The Bertz CT molecular complexity index is 1080. The summed E-state index contributed by atoms with van der Waals surface area (Å²) in [4.78, 5) is 27.2. The van der Waals surface area contributed by atoms with E-state index in [1.165, 1.54) is 24.3 Å². The Balaban J connectivity index is 1.62. The van der Waals surface area contributed by atoms with Crippen LogP contribution in [0.1, 0.15) is 15.9 Å². The number of non-ortho nitro benzene ring substituents is 1. The van der Waals surface area contributed by atoms with Crippen LogP contribution < -0.4 is 4.72 Å². The Labute approximate surface area is 181 Å². The highest BCUT2D eigenvalue weighted by Crippen LogP contribution is 2.17. The van der Waals surface area contributed by atoms with E-state index in [1.807, 2.05) is 6.07 Å². The molecule has 0 atom stereocenters. The van der Waals surface area contributed by atoms with Crippen LogP contribution in [-0.4, -0.2) is 61.8 Å². The van der Waals surface area contributed by atoms with Crippen molar-refractivity contribution in [3.05, 3.63) is 82.4 Å². The predicted molar refractivity (Wildman–Crippen MR) is 116 cm³/mol. The summed E-state index contributed by atoms with van der Waals surface area (Å²) in [5, 5.41) is 10.9. The molecule has 1 amide bonds. The molecule has 1 aliphatic rings. The second-order valence-electron chi connectivity index (χ2n) is 7.16. The van der Waals surface area contributed by atoms with Crippen molar-refractivity contribution in [1.29, 1.82) is 0 Å². The molecule has 1 aliphatic heterocycles. The van der Waals surface area contributed by atoms with E-state index in [9.17, 15) is 23.3 Å². The van der Waals surface area contributed by atoms with Crippen LogP contribution in [0, 0.1) is 10.1 Å². The Morgan fingerprint density at radius 1 is 1.13 bits per heavy atom. The quantitative estimate of drug-likeness (QED) is 0.379. The summed E-state index contributed by atoms with van der Waals surface area (Å²) in [5.74, 6) is -0.226. The molecule has 0 aliphatic carbocycles. The molecule has 0 saturated carbocycles. The Morgan fingerprint density at radius 3 is 2.52 bits per heavy atom. The van der Waals surface area contributed by atoms with Gasteiger partial charge in [-0.25, -0.2) is 13.1 Å². The van der Waals surface area contributed by atoms with Gasteiger partial charge in [0.25, 0.3) is 11.6 Å². The summed E-state index contributed by atoms with van der Waals surface area (Å²) in [6.07, 6.45) is 1.44. The van der Waals surface area contributed by atoms with Crippen LogP contribution in [0.5, 0.6) is 0 Å². The van der Waals surface area contributed by atoms with E-state index in [0.717, 1.165) is 5.56 Å². The number of carbonyl (C=O) groups is 1. The van der Waals surface area contributed by atoms with Gasteiger partial charge in [0, 0.05) is 57.0 Å². The van der Waals surface area contributed by atoms with Gasteiger partial charge in [-0.3, -0.25) is 19.8 Å². The Hall–Kier alpha value is -3.08. The third kappa shape index (κ3) is 5.75. The third-order valence-electron chi connectivity index (χ3n) is 5.00. The molecule has 9 nitrogen and oxygen atoms in total. The van der Waals surface area contributed by atoms with Gasteiger partial charge in [-0.05, 0) is 23.8 Å². The lowest BCUT2D eigenvalue weighted by Crippen LogP contribution is -2.48. The Morgan fingerprint density at radius 2 is 1.84 bits per heavy atom. The zero-order chi connectivity index (χ0) is 22.4. The largest absolute Gasteiger partial charge is 0.336 e. The van der Waals surface area contributed by atoms with E-state index < -0.39 is 14.9 Å². The van der Waals surface area contributed by atoms with Crippen LogP contribution in [0.4, 0.5) is 5.69 Å². The van der Waals surface area contributed by atoms with Gasteiger partial charge in [-0.15, -0.1) is 6.58 Å². The molecule has 31 heavy (non-hydrogen) atoms. The summed E-state index contributed by atoms with van der Waals surface area (Å²) >= 11 is 0. The first-order valence-electron chi connectivity index (χ1n) is 9.76. The number of rotatable bonds is 8. The SMILES string of the molecule is C=CCNS(=O)(=O)c1cccc(C(=O)N2CCN(Cc3cccc([N+](=O)[O-])c3)CC2)c1. The summed E-state index contributed by atoms with van der Waals surface area (Å²) < 4.78 is 27.0. The fraction of sp³-hybridized carbons (Fsp3) is 0.286. The first-order valence-corrected chi connectivity index (χ1v) is 11.2. The topological polar surface area (TPSA) is 113 Å². The molecule has 1 saturated heterocycles. The van der Waals surface area contributed by atoms with Gasteiger partial charge in [0.1, 0.15) is 0 Å². The molecule has 1 fully saturated rings. The molecule has 0 aromatic heterocycles. The van der Waals surface area contributed by atoms with E-state index in [0.29, 0.717) is 38.3 Å². The number of nitro groups is 1. The maximum absolute atomic E-state index is 12.9. The number of carbonyl (C=O) groups excluding carboxylic acids is 1. The van der Waals surface area contributed by atoms with Crippen molar-refractivity contribution in [3.63, 3.8) is 0 Å². The number of nitro benzene ring substituents is 1. The summed E-state index contributed by atoms with van der Waals surface area (Å²) in [5.41, 5.74) is 1.22. The van der Waals surface area contributed by atoms with Gasteiger partial charge in [0.2, 0.25) is 10.0 Å². The first-order chi connectivity index (χ1) is 14.8. The fourth-order valence-electron chi connectivity index (χ4n) is 3.37. The van der Waals surface area contributed by atoms with E-state index in [1.54, 1.807) is 29.2 Å². The molecule has 164 valence electrons.